The molecule has 1 atom stereocenters. The molecule has 5 aromatic carbocycles. The summed E-state index contributed by atoms with van der Waals surface area (Å²) in [6, 6.07) is 42.5. The second-order valence-electron chi connectivity index (χ2n) is 12.5. The zero-order valence-electron chi connectivity index (χ0n) is 26.3. The summed E-state index contributed by atoms with van der Waals surface area (Å²) in [4.78, 5) is 0. The maximum absolute atomic E-state index is 10.7. The lowest BCUT2D eigenvalue weighted by atomic mass is 9.89. The highest BCUT2D eigenvalue weighted by Gasteiger charge is 2.24. The van der Waals surface area contributed by atoms with Gasteiger partial charge in [0.05, 0.1) is 40.0 Å². The van der Waals surface area contributed by atoms with Gasteiger partial charge in [0, 0.05) is 44.1 Å². The van der Waals surface area contributed by atoms with Gasteiger partial charge in [0.2, 0.25) is 0 Å². The van der Waals surface area contributed by atoms with E-state index in [1.807, 2.05) is 36.4 Å². The van der Waals surface area contributed by atoms with Crippen LogP contribution in [0.15, 0.2) is 133 Å². The molecule has 4 heteroatoms. The van der Waals surface area contributed by atoms with Crippen molar-refractivity contribution in [3.05, 3.63) is 161 Å². The maximum atomic E-state index is 10.7. The first-order valence-electron chi connectivity index (χ1n) is 16.5. The van der Waals surface area contributed by atoms with Crippen molar-refractivity contribution in [3.63, 3.8) is 0 Å². The Morgan fingerprint density at radius 1 is 0.646 bits per heavy atom. The Morgan fingerprint density at radius 3 is 2.21 bits per heavy atom. The topological polar surface area (TPSA) is 57.4 Å². The summed E-state index contributed by atoms with van der Waals surface area (Å²) in [5, 5.41) is 24.0. The van der Waals surface area contributed by atoms with E-state index in [0.29, 0.717) is 11.1 Å². The predicted octanol–water partition coefficient (Wildman–Crippen LogP) is 10.7. The van der Waals surface area contributed by atoms with Gasteiger partial charge in [-0.2, -0.15) is 10.5 Å². The molecule has 4 nitrogen and oxygen atoms in total. The van der Waals surface area contributed by atoms with E-state index in [0.717, 1.165) is 69.0 Å². The van der Waals surface area contributed by atoms with E-state index in [1.165, 1.54) is 22.2 Å². The van der Waals surface area contributed by atoms with E-state index < -0.39 is 0 Å². The summed E-state index contributed by atoms with van der Waals surface area (Å²) in [5.74, 6) is 0. The summed E-state index contributed by atoms with van der Waals surface area (Å²) in [5.41, 5.74) is 12.2. The molecule has 226 valence electrons. The highest BCUT2D eigenvalue weighted by Crippen LogP contribution is 2.41. The van der Waals surface area contributed by atoms with Crippen LogP contribution in [0.1, 0.15) is 46.8 Å². The Balaban J connectivity index is 1.15. The summed E-state index contributed by atoms with van der Waals surface area (Å²) in [7, 11) is 0. The van der Waals surface area contributed by atoms with E-state index >= 15 is 0 Å². The van der Waals surface area contributed by atoms with Crippen LogP contribution in [0, 0.1) is 22.7 Å². The SMILES string of the molecule is N#Cc1c(C2=CCC(n3c4c(c5ccccc53)C=CCC4)C=C2)cccc1-c1ccccc1-n1c2ccccc2c2c(C#N)cccc21. The Labute approximate surface area is 279 Å². The van der Waals surface area contributed by atoms with Crippen LogP contribution in [-0.2, 0) is 6.42 Å². The number of para-hydroxylation sites is 3. The van der Waals surface area contributed by atoms with Crippen LogP contribution in [0.5, 0.6) is 0 Å². The van der Waals surface area contributed by atoms with Crippen LogP contribution in [-0.4, -0.2) is 9.13 Å². The van der Waals surface area contributed by atoms with Crippen molar-refractivity contribution in [3.8, 4) is 29.0 Å². The number of benzene rings is 5. The lowest BCUT2D eigenvalue weighted by molar-refractivity contribution is 0.600. The van der Waals surface area contributed by atoms with E-state index in [4.69, 9.17) is 0 Å². The molecule has 2 aliphatic carbocycles. The Kier molecular flexibility index (Phi) is 6.49. The molecule has 0 saturated carbocycles. The third kappa shape index (κ3) is 4.13. The zero-order chi connectivity index (χ0) is 32.2. The van der Waals surface area contributed by atoms with E-state index in [9.17, 15) is 10.5 Å². The van der Waals surface area contributed by atoms with Crippen LogP contribution in [0.2, 0.25) is 0 Å². The van der Waals surface area contributed by atoms with Crippen molar-refractivity contribution in [2.75, 3.05) is 0 Å². The molecule has 0 aliphatic heterocycles. The molecule has 0 radical (unpaired) electrons. The standard InChI is InChI=1S/C44H30N4/c45-27-30-11-9-22-43-44(30)37-15-4-8-21-42(37)48(43)41-20-7-1-12-34(41)33-17-10-16-32(38(33)28-46)29-23-25-31(26-24-29)47-39-18-5-2-13-35(39)36-14-3-6-19-40(36)47/h1-5,7-18,20-25,31H,6,19,26H2. The summed E-state index contributed by atoms with van der Waals surface area (Å²) >= 11 is 0. The maximum Gasteiger partial charge on any atom is 0.100 e. The van der Waals surface area contributed by atoms with Gasteiger partial charge in [0.1, 0.15) is 6.07 Å². The molecule has 7 aromatic rings. The highest BCUT2D eigenvalue weighted by molar-refractivity contribution is 6.12. The molecule has 0 saturated heterocycles. The molecule has 48 heavy (non-hydrogen) atoms. The zero-order valence-corrected chi connectivity index (χ0v) is 26.3. The highest BCUT2D eigenvalue weighted by atomic mass is 15.0. The van der Waals surface area contributed by atoms with Gasteiger partial charge in [-0.15, -0.1) is 0 Å². The predicted molar refractivity (Wildman–Crippen MR) is 196 cm³/mol. The summed E-state index contributed by atoms with van der Waals surface area (Å²) in [6.07, 6.45) is 14.4. The minimum atomic E-state index is 0.219. The van der Waals surface area contributed by atoms with Gasteiger partial charge in [-0.1, -0.05) is 109 Å². The number of allylic oxidation sites excluding steroid dienone is 5. The van der Waals surface area contributed by atoms with Gasteiger partial charge in [-0.05, 0) is 60.7 Å². The lowest BCUT2D eigenvalue weighted by Gasteiger charge is -2.24. The van der Waals surface area contributed by atoms with Gasteiger partial charge in [0.15, 0.2) is 0 Å². The normalized spacial score (nSPS) is 15.4. The van der Waals surface area contributed by atoms with E-state index in [2.05, 4.69) is 124 Å². The average molecular weight is 615 g/mol. The molecule has 1 unspecified atom stereocenters. The van der Waals surface area contributed by atoms with Crippen LogP contribution in [0.4, 0.5) is 0 Å². The van der Waals surface area contributed by atoms with Crippen molar-refractivity contribution >= 4 is 44.4 Å². The van der Waals surface area contributed by atoms with Crippen LogP contribution < -0.4 is 0 Å². The fourth-order valence-corrected chi connectivity index (χ4v) is 7.99. The van der Waals surface area contributed by atoms with Crippen molar-refractivity contribution < 1.29 is 0 Å². The monoisotopic (exact) mass is 614 g/mol. The first-order chi connectivity index (χ1) is 23.8. The van der Waals surface area contributed by atoms with Crippen molar-refractivity contribution in [2.45, 2.75) is 25.3 Å². The van der Waals surface area contributed by atoms with Crippen molar-refractivity contribution in [2.24, 2.45) is 0 Å². The Bertz CT molecular complexity index is 2630. The molecule has 2 heterocycles. The second-order valence-corrected chi connectivity index (χ2v) is 12.5. The van der Waals surface area contributed by atoms with Gasteiger partial charge in [0.25, 0.3) is 0 Å². The molecule has 9 rings (SSSR count). The van der Waals surface area contributed by atoms with Crippen molar-refractivity contribution in [1.82, 2.24) is 9.13 Å². The largest absolute Gasteiger partial charge is 0.337 e. The number of hydrogen-bond acceptors (Lipinski definition) is 2. The van der Waals surface area contributed by atoms with Gasteiger partial charge in [-0.25, -0.2) is 0 Å². The van der Waals surface area contributed by atoms with Crippen LogP contribution >= 0.6 is 0 Å². The fourth-order valence-electron chi connectivity index (χ4n) is 7.99. The molecule has 0 spiro atoms. The quantitative estimate of drug-likeness (QED) is 0.198. The molecule has 2 aliphatic rings. The van der Waals surface area contributed by atoms with Crippen molar-refractivity contribution in [1.29, 1.82) is 10.5 Å². The number of nitrogens with zero attached hydrogens (tertiary/aromatic N) is 4. The summed E-state index contributed by atoms with van der Waals surface area (Å²) in [6.45, 7) is 0. The third-order valence-corrected chi connectivity index (χ3v) is 10.0. The van der Waals surface area contributed by atoms with E-state index in [1.54, 1.807) is 0 Å². The van der Waals surface area contributed by atoms with Gasteiger partial charge < -0.3 is 9.13 Å². The number of hydrogen-bond donors (Lipinski definition) is 0. The third-order valence-electron chi connectivity index (χ3n) is 10.0. The molecule has 0 amide bonds. The fraction of sp³-hybridized carbons (Fsp3) is 0.0909. The average Bonchev–Trinajstić information content (AvgIpc) is 3.68. The van der Waals surface area contributed by atoms with Crippen LogP contribution in [0.3, 0.4) is 0 Å². The van der Waals surface area contributed by atoms with E-state index in [-0.39, 0.29) is 6.04 Å². The molecule has 0 fully saturated rings. The molecule has 0 bridgehead atoms. The lowest BCUT2D eigenvalue weighted by Crippen LogP contribution is -2.12. The molecular weight excluding hydrogens is 585 g/mol. The number of aromatic nitrogens is 2. The Morgan fingerprint density at radius 2 is 1.38 bits per heavy atom. The number of fused-ring (bicyclic) bond motifs is 6. The molecule has 2 aromatic heterocycles. The smallest absolute Gasteiger partial charge is 0.100 e. The number of rotatable bonds is 4. The molecule has 0 N–H and O–H groups in total. The minimum Gasteiger partial charge on any atom is -0.337 e. The first-order valence-corrected chi connectivity index (χ1v) is 16.5. The van der Waals surface area contributed by atoms with Gasteiger partial charge >= 0.3 is 0 Å². The van der Waals surface area contributed by atoms with Crippen LogP contribution in [0.25, 0.3) is 61.2 Å². The van der Waals surface area contributed by atoms with Gasteiger partial charge in [-0.3, -0.25) is 0 Å². The second kappa shape index (κ2) is 11.2. The number of nitriles is 2. The summed E-state index contributed by atoms with van der Waals surface area (Å²) < 4.78 is 4.76. The first kappa shape index (κ1) is 27.9. The molecular formula is C44H30N4. The minimum absolute atomic E-state index is 0.219. The Hall–Kier alpha value is -6.36.